The van der Waals surface area contributed by atoms with Gasteiger partial charge in [0.15, 0.2) is 11.5 Å². The van der Waals surface area contributed by atoms with Gasteiger partial charge in [-0.25, -0.2) is 4.98 Å². The van der Waals surface area contributed by atoms with E-state index in [1.165, 1.54) is 10.2 Å². The quantitative estimate of drug-likeness (QED) is 0.149. The minimum absolute atomic E-state index is 0.000563. The number of halogens is 1. The summed E-state index contributed by atoms with van der Waals surface area (Å²) in [6.07, 6.45) is 4.09. The van der Waals surface area contributed by atoms with E-state index in [4.69, 9.17) is 14.5 Å². The van der Waals surface area contributed by atoms with Gasteiger partial charge in [-0.05, 0) is 61.7 Å². The molecule has 7 heteroatoms. The molecule has 196 valence electrons. The third kappa shape index (κ3) is 6.22. The third-order valence-corrected chi connectivity index (χ3v) is 6.45. The topological polar surface area (TPSA) is 65.7 Å². The van der Waals surface area contributed by atoms with Crippen molar-refractivity contribution in [3.63, 3.8) is 0 Å². The molecule has 0 fully saturated rings. The van der Waals surface area contributed by atoms with E-state index in [9.17, 15) is 4.79 Å². The molecule has 0 spiro atoms. The highest BCUT2D eigenvalue weighted by Gasteiger charge is 2.16. The normalized spacial score (nSPS) is 11.4. The van der Waals surface area contributed by atoms with Crippen LogP contribution in [0.5, 0.6) is 11.5 Å². The molecule has 0 amide bonds. The molecule has 0 unspecified atom stereocenters. The summed E-state index contributed by atoms with van der Waals surface area (Å²) in [5, 5.41) is 5.09. The van der Waals surface area contributed by atoms with Gasteiger partial charge in [-0.15, -0.1) is 6.58 Å². The summed E-state index contributed by atoms with van der Waals surface area (Å²) in [4.78, 5) is 18.1. The van der Waals surface area contributed by atoms with E-state index in [2.05, 4.69) is 46.7 Å². The fourth-order valence-electron chi connectivity index (χ4n) is 4.22. The molecule has 0 bridgehead atoms. The van der Waals surface area contributed by atoms with Crippen LogP contribution in [0.25, 0.3) is 10.9 Å². The second kappa shape index (κ2) is 12.2. The van der Waals surface area contributed by atoms with Gasteiger partial charge in [-0.1, -0.05) is 65.7 Å². The van der Waals surface area contributed by atoms with Gasteiger partial charge in [0.25, 0.3) is 5.56 Å². The number of allylic oxidation sites excluding steroid dienone is 1. The van der Waals surface area contributed by atoms with E-state index < -0.39 is 0 Å². The first-order chi connectivity index (χ1) is 18.3. The maximum Gasteiger partial charge on any atom is 0.282 e. The summed E-state index contributed by atoms with van der Waals surface area (Å²) in [6.45, 7) is 12.8. The molecule has 3 aromatic carbocycles. The van der Waals surface area contributed by atoms with Crippen LogP contribution < -0.4 is 15.0 Å². The van der Waals surface area contributed by atoms with Crippen molar-refractivity contribution in [2.24, 2.45) is 5.10 Å². The second-order valence-electron chi connectivity index (χ2n) is 9.36. The van der Waals surface area contributed by atoms with Gasteiger partial charge in [-0.3, -0.25) is 4.79 Å². The average molecular weight is 575 g/mol. The number of ether oxygens (including phenoxy) is 2. The maximum absolute atomic E-state index is 13.4. The molecule has 4 aromatic rings. The third-order valence-electron chi connectivity index (χ3n) is 5.96. The van der Waals surface area contributed by atoms with Crippen LogP contribution in [-0.2, 0) is 13.0 Å². The molecule has 0 saturated carbocycles. The highest BCUT2D eigenvalue weighted by atomic mass is 79.9. The van der Waals surface area contributed by atoms with E-state index >= 15 is 0 Å². The molecule has 0 aliphatic rings. The van der Waals surface area contributed by atoms with Crippen LogP contribution in [-0.4, -0.2) is 22.5 Å². The molecule has 0 N–H and O–H groups in total. The van der Waals surface area contributed by atoms with Crippen LogP contribution in [0.4, 0.5) is 0 Å². The largest absolute Gasteiger partial charge is 0.490 e. The highest BCUT2D eigenvalue weighted by Crippen LogP contribution is 2.34. The van der Waals surface area contributed by atoms with Crippen LogP contribution >= 0.6 is 15.9 Å². The first-order valence-corrected chi connectivity index (χ1v) is 13.5. The van der Waals surface area contributed by atoms with E-state index in [0.29, 0.717) is 47.9 Å². The van der Waals surface area contributed by atoms with Gasteiger partial charge >= 0.3 is 0 Å². The molecule has 6 nitrogen and oxygen atoms in total. The van der Waals surface area contributed by atoms with E-state index in [1.54, 1.807) is 12.3 Å². The zero-order valence-electron chi connectivity index (χ0n) is 22.2. The van der Waals surface area contributed by atoms with Gasteiger partial charge in [0.05, 0.1) is 23.7 Å². The lowest BCUT2D eigenvalue weighted by molar-refractivity contribution is 0.267. The Morgan fingerprint density at radius 2 is 1.95 bits per heavy atom. The number of rotatable bonds is 10. The second-order valence-corrected chi connectivity index (χ2v) is 10.3. The summed E-state index contributed by atoms with van der Waals surface area (Å²) in [7, 11) is 0. The molecule has 1 heterocycles. The Kier molecular flexibility index (Phi) is 8.79. The number of hydrogen-bond acceptors (Lipinski definition) is 5. The monoisotopic (exact) mass is 573 g/mol. The number of aryl methyl sites for hydroxylation is 1. The molecule has 0 aliphatic carbocycles. The van der Waals surface area contributed by atoms with Crippen LogP contribution in [0.15, 0.2) is 81.6 Å². The van der Waals surface area contributed by atoms with Gasteiger partial charge in [0.1, 0.15) is 12.4 Å². The summed E-state index contributed by atoms with van der Waals surface area (Å²) in [5.74, 6) is 1.90. The van der Waals surface area contributed by atoms with Crippen molar-refractivity contribution < 1.29 is 9.47 Å². The van der Waals surface area contributed by atoms with Crippen LogP contribution in [0.2, 0.25) is 0 Å². The molecule has 0 aliphatic heterocycles. The highest BCUT2D eigenvalue weighted by molar-refractivity contribution is 9.10. The SMILES string of the molecule is C=CCc1cc(C=Nn2c(C(C)C)nc3ccc(Br)cc3c2=O)cc(OCC)c1OCc1cccc(C)c1. The Morgan fingerprint density at radius 1 is 1.13 bits per heavy atom. The smallest absolute Gasteiger partial charge is 0.282 e. The Bertz CT molecular complexity index is 1560. The van der Waals surface area contributed by atoms with Crippen molar-refractivity contribution in [1.29, 1.82) is 0 Å². The van der Waals surface area contributed by atoms with Crippen LogP contribution in [0.3, 0.4) is 0 Å². The lowest BCUT2D eigenvalue weighted by Gasteiger charge is -2.17. The molecular formula is C31H32BrN3O3. The Balaban J connectivity index is 1.76. The summed E-state index contributed by atoms with van der Waals surface area (Å²) >= 11 is 3.45. The average Bonchev–Trinajstić information content (AvgIpc) is 2.88. The summed E-state index contributed by atoms with van der Waals surface area (Å²) < 4.78 is 14.5. The van der Waals surface area contributed by atoms with Gasteiger partial charge < -0.3 is 9.47 Å². The van der Waals surface area contributed by atoms with E-state index in [-0.39, 0.29) is 11.5 Å². The number of nitrogens with zero attached hydrogens (tertiary/aromatic N) is 3. The predicted molar refractivity (Wildman–Crippen MR) is 158 cm³/mol. The van der Waals surface area contributed by atoms with Crippen molar-refractivity contribution in [1.82, 2.24) is 9.66 Å². The fraction of sp³-hybridized carbons (Fsp3) is 0.258. The van der Waals surface area contributed by atoms with Crippen LogP contribution in [0, 0.1) is 6.92 Å². The van der Waals surface area contributed by atoms with E-state index in [1.807, 2.05) is 63.2 Å². The van der Waals surface area contributed by atoms with Crippen molar-refractivity contribution in [2.75, 3.05) is 6.61 Å². The zero-order chi connectivity index (χ0) is 27.2. The summed E-state index contributed by atoms with van der Waals surface area (Å²) in [6, 6.07) is 17.6. The lowest BCUT2D eigenvalue weighted by Crippen LogP contribution is -2.23. The fourth-order valence-corrected chi connectivity index (χ4v) is 4.59. The Labute approximate surface area is 231 Å². The van der Waals surface area contributed by atoms with Crippen molar-refractivity contribution >= 4 is 33.0 Å². The molecule has 1 aromatic heterocycles. The molecule has 0 radical (unpaired) electrons. The first-order valence-electron chi connectivity index (χ1n) is 12.7. The summed E-state index contributed by atoms with van der Waals surface area (Å²) in [5.41, 5.74) is 4.40. The number of fused-ring (bicyclic) bond motifs is 1. The van der Waals surface area contributed by atoms with Crippen molar-refractivity contribution in [3.05, 3.63) is 110 Å². The van der Waals surface area contributed by atoms with Crippen LogP contribution in [0.1, 0.15) is 54.8 Å². The standard InChI is InChI=1S/C31H32BrN3O3/c1-6-9-24-15-23(16-28(37-7-2)29(24)38-19-22-11-8-10-21(5)14-22)18-33-35-30(20(3)4)34-27-13-12-25(32)17-26(27)31(35)36/h6,8,10-18,20H,1,7,9,19H2,2-5H3. The zero-order valence-corrected chi connectivity index (χ0v) is 23.8. The predicted octanol–water partition coefficient (Wildman–Crippen LogP) is 7.18. The molecule has 4 rings (SSSR count). The van der Waals surface area contributed by atoms with Gasteiger partial charge in [0, 0.05) is 16.0 Å². The molecule has 0 saturated heterocycles. The lowest BCUT2D eigenvalue weighted by atomic mass is 10.1. The number of benzene rings is 3. The minimum atomic E-state index is -0.217. The van der Waals surface area contributed by atoms with Gasteiger partial charge in [0.2, 0.25) is 0 Å². The first kappa shape index (κ1) is 27.3. The molecule has 0 atom stereocenters. The molecular weight excluding hydrogens is 542 g/mol. The van der Waals surface area contributed by atoms with Gasteiger partial charge in [-0.2, -0.15) is 9.78 Å². The minimum Gasteiger partial charge on any atom is -0.490 e. The van der Waals surface area contributed by atoms with Crippen molar-refractivity contribution in [3.8, 4) is 11.5 Å². The Hall–Kier alpha value is -3.71. The number of hydrogen-bond donors (Lipinski definition) is 0. The van der Waals surface area contributed by atoms with E-state index in [0.717, 1.165) is 21.2 Å². The number of aromatic nitrogens is 2. The maximum atomic E-state index is 13.4. The molecule has 38 heavy (non-hydrogen) atoms. The van der Waals surface area contributed by atoms with Crippen molar-refractivity contribution in [2.45, 2.75) is 46.6 Å². The Morgan fingerprint density at radius 3 is 2.66 bits per heavy atom.